The second-order valence-electron chi connectivity index (χ2n) is 5.79. The van der Waals surface area contributed by atoms with Gasteiger partial charge in [0.15, 0.2) is 11.9 Å². The topological polar surface area (TPSA) is 80.1 Å². The van der Waals surface area contributed by atoms with E-state index in [0.717, 1.165) is 49.9 Å². The number of piperidine rings is 1. The van der Waals surface area contributed by atoms with Crippen LogP contribution in [-0.2, 0) is 6.42 Å². The molecule has 2 aliphatic heterocycles. The van der Waals surface area contributed by atoms with Crippen molar-refractivity contribution in [3.8, 4) is 5.75 Å². The number of para-hydroxylation sites is 1. The highest BCUT2D eigenvalue weighted by atomic mass is 16.5. The minimum Gasteiger partial charge on any atom is -0.482 e. The van der Waals surface area contributed by atoms with E-state index in [4.69, 9.17) is 10.5 Å². The van der Waals surface area contributed by atoms with E-state index in [0.29, 0.717) is 0 Å². The van der Waals surface area contributed by atoms with Crippen molar-refractivity contribution in [2.75, 3.05) is 18.0 Å². The van der Waals surface area contributed by atoms with Crippen LogP contribution in [-0.4, -0.2) is 34.3 Å². The number of aromatic amines is 1. The molecule has 1 saturated heterocycles. The largest absolute Gasteiger partial charge is 0.482 e. The van der Waals surface area contributed by atoms with Gasteiger partial charge in [-0.25, -0.2) is 0 Å². The Kier molecular flexibility index (Phi) is 3.03. The van der Waals surface area contributed by atoms with E-state index in [2.05, 4.69) is 26.1 Å². The molecular formula is C15H19N5O. The normalized spacial score (nSPS) is 24.7. The average molecular weight is 285 g/mol. The van der Waals surface area contributed by atoms with Gasteiger partial charge >= 0.3 is 0 Å². The van der Waals surface area contributed by atoms with Gasteiger partial charge in [-0.05, 0) is 24.5 Å². The number of nitrogens with two attached hydrogens (primary N) is 1. The van der Waals surface area contributed by atoms with Gasteiger partial charge in [0, 0.05) is 25.6 Å². The van der Waals surface area contributed by atoms with Crippen LogP contribution in [0, 0.1) is 0 Å². The van der Waals surface area contributed by atoms with Crippen molar-refractivity contribution in [1.29, 1.82) is 0 Å². The molecule has 4 rings (SSSR count). The number of H-pyrrole nitrogens is 1. The Morgan fingerprint density at radius 3 is 3.10 bits per heavy atom. The predicted octanol–water partition coefficient (Wildman–Crippen LogP) is 1.41. The molecule has 1 fully saturated rings. The summed E-state index contributed by atoms with van der Waals surface area (Å²) in [6, 6.07) is 8.33. The molecular weight excluding hydrogens is 266 g/mol. The molecule has 0 aliphatic carbocycles. The maximum atomic E-state index is 6.02. The summed E-state index contributed by atoms with van der Waals surface area (Å²) in [6.07, 6.45) is 2.94. The third-order valence-electron chi connectivity index (χ3n) is 4.18. The van der Waals surface area contributed by atoms with Crippen molar-refractivity contribution in [1.82, 2.24) is 15.2 Å². The summed E-state index contributed by atoms with van der Waals surface area (Å²) in [5.74, 6) is 2.47. The fourth-order valence-corrected chi connectivity index (χ4v) is 3.08. The van der Waals surface area contributed by atoms with Gasteiger partial charge < -0.3 is 15.4 Å². The zero-order chi connectivity index (χ0) is 14.2. The van der Waals surface area contributed by atoms with E-state index >= 15 is 0 Å². The lowest BCUT2D eigenvalue weighted by atomic mass is 10.1. The lowest BCUT2D eigenvalue weighted by molar-refractivity contribution is 0.228. The van der Waals surface area contributed by atoms with Crippen molar-refractivity contribution in [3.63, 3.8) is 0 Å². The fraction of sp³-hybridized carbons (Fsp3) is 0.467. The van der Waals surface area contributed by atoms with Crippen LogP contribution in [0.5, 0.6) is 5.75 Å². The summed E-state index contributed by atoms with van der Waals surface area (Å²) in [4.78, 5) is 6.76. The first-order chi connectivity index (χ1) is 10.3. The molecule has 110 valence electrons. The number of aromatic nitrogens is 3. The maximum Gasteiger partial charge on any atom is 0.244 e. The third-order valence-corrected chi connectivity index (χ3v) is 4.18. The minimum atomic E-state index is -0.0675. The minimum absolute atomic E-state index is 0.0675. The number of fused-ring (bicyclic) bond motifs is 1. The van der Waals surface area contributed by atoms with Crippen LogP contribution in [0.4, 0.5) is 5.95 Å². The molecule has 0 amide bonds. The number of hydrogen-bond donors (Lipinski definition) is 2. The molecule has 2 aliphatic rings. The number of anilines is 1. The second kappa shape index (κ2) is 5.04. The Labute approximate surface area is 123 Å². The lowest BCUT2D eigenvalue weighted by Crippen LogP contribution is -2.43. The molecule has 3 heterocycles. The van der Waals surface area contributed by atoms with Crippen LogP contribution in [0.25, 0.3) is 0 Å². The highest BCUT2D eigenvalue weighted by molar-refractivity contribution is 5.39. The van der Waals surface area contributed by atoms with Gasteiger partial charge in [-0.3, -0.25) is 5.10 Å². The summed E-state index contributed by atoms with van der Waals surface area (Å²) < 4.78 is 5.94. The molecule has 0 saturated carbocycles. The molecule has 1 aromatic heterocycles. The van der Waals surface area contributed by atoms with E-state index in [-0.39, 0.29) is 12.1 Å². The van der Waals surface area contributed by atoms with Gasteiger partial charge in [0.1, 0.15) is 5.75 Å². The quantitative estimate of drug-likeness (QED) is 0.872. The van der Waals surface area contributed by atoms with Crippen LogP contribution in [0.1, 0.15) is 30.3 Å². The number of nitrogens with one attached hydrogen (secondary N) is 1. The van der Waals surface area contributed by atoms with E-state index in [9.17, 15) is 0 Å². The smallest absolute Gasteiger partial charge is 0.244 e. The molecule has 0 bridgehead atoms. The molecule has 21 heavy (non-hydrogen) atoms. The van der Waals surface area contributed by atoms with E-state index in [1.807, 2.05) is 18.2 Å². The Morgan fingerprint density at radius 1 is 1.33 bits per heavy atom. The summed E-state index contributed by atoms with van der Waals surface area (Å²) in [5, 5.41) is 7.36. The van der Waals surface area contributed by atoms with Crippen molar-refractivity contribution in [3.05, 3.63) is 35.7 Å². The zero-order valence-electron chi connectivity index (χ0n) is 11.8. The van der Waals surface area contributed by atoms with E-state index in [1.165, 1.54) is 5.56 Å². The molecule has 0 spiro atoms. The predicted molar refractivity (Wildman–Crippen MR) is 79.3 cm³/mol. The fourth-order valence-electron chi connectivity index (χ4n) is 3.08. The van der Waals surface area contributed by atoms with Crippen LogP contribution >= 0.6 is 0 Å². The van der Waals surface area contributed by atoms with Crippen molar-refractivity contribution in [2.45, 2.75) is 31.4 Å². The van der Waals surface area contributed by atoms with Crippen molar-refractivity contribution < 1.29 is 4.74 Å². The molecule has 2 unspecified atom stereocenters. The number of hydrogen-bond acceptors (Lipinski definition) is 5. The molecule has 6 heteroatoms. The number of benzene rings is 1. The Morgan fingerprint density at radius 2 is 2.24 bits per heavy atom. The molecule has 2 aromatic rings. The van der Waals surface area contributed by atoms with Crippen LogP contribution in [0.3, 0.4) is 0 Å². The average Bonchev–Trinajstić information content (AvgIpc) is 3.14. The SMILES string of the molecule is NC1CCCN(c2n[nH]c(C3Cc4ccccc4O3)n2)C1. The van der Waals surface area contributed by atoms with Gasteiger partial charge in [-0.2, -0.15) is 4.98 Å². The standard InChI is InChI=1S/C15H19N5O/c16-11-5-3-7-20(9-11)15-17-14(18-19-15)13-8-10-4-1-2-6-12(10)21-13/h1-2,4,6,11,13H,3,5,7-9,16H2,(H,17,18,19). The maximum absolute atomic E-state index is 6.02. The summed E-state index contributed by atoms with van der Waals surface area (Å²) in [5.41, 5.74) is 7.24. The molecule has 2 atom stereocenters. The van der Waals surface area contributed by atoms with Gasteiger partial charge in [0.25, 0.3) is 0 Å². The van der Waals surface area contributed by atoms with Gasteiger partial charge in [-0.15, -0.1) is 5.10 Å². The lowest BCUT2D eigenvalue weighted by Gasteiger charge is -2.29. The summed E-state index contributed by atoms with van der Waals surface area (Å²) >= 11 is 0. The number of nitrogens with zero attached hydrogens (tertiary/aromatic N) is 3. The van der Waals surface area contributed by atoms with Gasteiger partial charge in [0.05, 0.1) is 0 Å². The molecule has 6 nitrogen and oxygen atoms in total. The first-order valence-corrected chi connectivity index (χ1v) is 7.47. The van der Waals surface area contributed by atoms with Gasteiger partial charge in [0.2, 0.25) is 5.95 Å². The second-order valence-corrected chi connectivity index (χ2v) is 5.79. The number of ether oxygens (including phenoxy) is 1. The first-order valence-electron chi connectivity index (χ1n) is 7.47. The van der Waals surface area contributed by atoms with Crippen LogP contribution in [0.15, 0.2) is 24.3 Å². The van der Waals surface area contributed by atoms with E-state index in [1.54, 1.807) is 0 Å². The van der Waals surface area contributed by atoms with Crippen molar-refractivity contribution in [2.24, 2.45) is 5.73 Å². The monoisotopic (exact) mass is 285 g/mol. The number of rotatable bonds is 2. The van der Waals surface area contributed by atoms with Crippen LogP contribution < -0.4 is 15.4 Å². The Hall–Kier alpha value is -2.08. The van der Waals surface area contributed by atoms with Crippen molar-refractivity contribution >= 4 is 5.95 Å². The molecule has 1 aromatic carbocycles. The summed E-state index contributed by atoms with van der Waals surface area (Å²) in [7, 11) is 0. The Bertz CT molecular complexity index is 615. The zero-order valence-corrected chi connectivity index (χ0v) is 11.8. The highest BCUT2D eigenvalue weighted by Gasteiger charge is 2.28. The highest BCUT2D eigenvalue weighted by Crippen LogP contribution is 2.35. The van der Waals surface area contributed by atoms with Crippen LogP contribution in [0.2, 0.25) is 0 Å². The molecule has 3 N–H and O–H groups in total. The third kappa shape index (κ3) is 2.35. The summed E-state index contributed by atoms with van der Waals surface area (Å²) in [6.45, 7) is 1.79. The first kappa shape index (κ1) is 12.6. The molecule has 0 radical (unpaired) electrons. The Balaban J connectivity index is 1.51. The van der Waals surface area contributed by atoms with E-state index < -0.39 is 0 Å². The van der Waals surface area contributed by atoms with Gasteiger partial charge in [-0.1, -0.05) is 18.2 Å².